The number of nitrogens with one attached hydrogen (secondary N) is 1. The average Bonchev–Trinajstić information content (AvgIpc) is 2.75. The van der Waals surface area contributed by atoms with Crippen molar-refractivity contribution in [2.24, 2.45) is 0 Å². The molecule has 25 heavy (non-hydrogen) atoms. The Morgan fingerprint density at radius 1 is 1.24 bits per heavy atom. The molecule has 0 unspecified atom stereocenters. The molecule has 0 bridgehead atoms. The van der Waals surface area contributed by atoms with E-state index in [2.05, 4.69) is 42.9 Å². The van der Waals surface area contributed by atoms with E-state index in [0.717, 1.165) is 44.8 Å². The van der Waals surface area contributed by atoms with Crippen LogP contribution in [0.2, 0.25) is 0 Å². The van der Waals surface area contributed by atoms with Gasteiger partial charge in [0.1, 0.15) is 0 Å². The van der Waals surface area contributed by atoms with Crippen LogP contribution in [0.5, 0.6) is 0 Å². The Morgan fingerprint density at radius 3 is 2.52 bits per heavy atom. The molecule has 138 valence electrons. The number of hydrogen-bond donors (Lipinski definition) is 1. The van der Waals surface area contributed by atoms with Crippen molar-refractivity contribution in [2.75, 3.05) is 26.2 Å². The summed E-state index contributed by atoms with van der Waals surface area (Å²) in [5.41, 5.74) is 0.551. The molecule has 2 aliphatic heterocycles. The van der Waals surface area contributed by atoms with Crippen LogP contribution < -0.4 is 5.32 Å². The number of hydrogen-bond acceptors (Lipinski definition) is 4. The zero-order chi connectivity index (χ0) is 18.1. The Bertz CT molecular complexity index is 595. The molecule has 1 aromatic heterocycles. The standard InChI is InChI=1S/C19H30N4O2/c1-18(2)13-16(19(3,4)25-18)21-17(24)23-11-9-22(10-12-23)14-15-7-5-6-8-20-15/h5-8,16H,9-14H2,1-4H3,(H,21,24)/t16-/m0/s1. The molecule has 0 saturated carbocycles. The van der Waals surface area contributed by atoms with Gasteiger partial charge in [0.05, 0.1) is 22.9 Å². The third kappa shape index (κ3) is 4.50. The van der Waals surface area contributed by atoms with Gasteiger partial charge in [0.25, 0.3) is 0 Å². The van der Waals surface area contributed by atoms with E-state index in [1.807, 2.05) is 29.3 Å². The molecule has 2 saturated heterocycles. The first-order valence-corrected chi connectivity index (χ1v) is 9.13. The molecule has 0 aliphatic carbocycles. The lowest BCUT2D eigenvalue weighted by Gasteiger charge is -2.36. The fourth-order valence-electron chi connectivity index (χ4n) is 3.86. The zero-order valence-corrected chi connectivity index (χ0v) is 15.8. The lowest BCUT2D eigenvalue weighted by molar-refractivity contribution is -0.0693. The highest BCUT2D eigenvalue weighted by Crippen LogP contribution is 2.37. The van der Waals surface area contributed by atoms with Crippen LogP contribution in [0.25, 0.3) is 0 Å². The summed E-state index contributed by atoms with van der Waals surface area (Å²) >= 11 is 0. The summed E-state index contributed by atoms with van der Waals surface area (Å²) < 4.78 is 6.07. The lowest BCUT2D eigenvalue weighted by atomic mass is 9.94. The summed E-state index contributed by atoms with van der Waals surface area (Å²) in [6.07, 6.45) is 2.66. The molecule has 0 aromatic carbocycles. The normalized spacial score (nSPS) is 25.8. The first-order chi connectivity index (χ1) is 11.8. The molecule has 3 rings (SSSR count). The highest BCUT2D eigenvalue weighted by Gasteiger charge is 2.46. The number of urea groups is 1. The fourth-order valence-corrected chi connectivity index (χ4v) is 3.86. The lowest BCUT2D eigenvalue weighted by Crippen LogP contribution is -2.55. The third-order valence-electron chi connectivity index (χ3n) is 5.14. The zero-order valence-electron chi connectivity index (χ0n) is 15.8. The molecule has 0 spiro atoms. The van der Waals surface area contributed by atoms with Crippen LogP contribution in [-0.2, 0) is 11.3 Å². The molecule has 2 amide bonds. The van der Waals surface area contributed by atoms with E-state index in [1.165, 1.54) is 0 Å². The van der Waals surface area contributed by atoms with E-state index in [9.17, 15) is 4.79 Å². The number of carbonyl (C=O) groups is 1. The van der Waals surface area contributed by atoms with E-state index in [1.54, 1.807) is 0 Å². The van der Waals surface area contributed by atoms with Crippen molar-refractivity contribution < 1.29 is 9.53 Å². The number of amides is 2. The number of aromatic nitrogens is 1. The maximum atomic E-state index is 12.6. The minimum absolute atomic E-state index is 0.0249. The van der Waals surface area contributed by atoms with Crippen molar-refractivity contribution in [1.29, 1.82) is 0 Å². The van der Waals surface area contributed by atoms with Crippen LogP contribution in [0.1, 0.15) is 39.8 Å². The van der Waals surface area contributed by atoms with Gasteiger partial charge in [-0.1, -0.05) is 6.07 Å². The molecule has 6 heteroatoms. The number of ether oxygens (including phenoxy) is 1. The van der Waals surface area contributed by atoms with Gasteiger partial charge in [-0.05, 0) is 46.2 Å². The minimum atomic E-state index is -0.333. The predicted octanol–water partition coefficient (Wildman–Crippen LogP) is 2.25. The fraction of sp³-hybridized carbons (Fsp3) is 0.684. The van der Waals surface area contributed by atoms with Crippen LogP contribution in [0.4, 0.5) is 4.79 Å². The summed E-state index contributed by atoms with van der Waals surface area (Å²) in [6.45, 7) is 12.4. The van der Waals surface area contributed by atoms with Gasteiger partial charge in [0.2, 0.25) is 0 Å². The first kappa shape index (κ1) is 18.1. The summed E-state index contributed by atoms with van der Waals surface area (Å²) in [7, 11) is 0. The van der Waals surface area contributed by atoms with Crippen molar-refractivity contribution in [3.05, 3.63) is 30.1 Å². The molecule has 2 fully saturated rings. The predicted molar refractivity (Wildman–Crippen MR) is 97.3 cm³/mol. The minimum Gasteiger partial charge on any atom is -0.367 e. The highest BCUT2D eigenvalue weighted by molar-refractivity contribution is 5.75. The Morgan fingerprint density at radius 2 is 1.96 bits per heavy atom. The van der Waals surface area contributed by atoms with Gasteiger partial charge in [-0.3, -0.25) is 9.88 Å². The molecule has 6 nitrogen and oxygen atoms in total. The van der Waals surface area contributed by atoms with Gasteiger partial charge in [0.15, 0.2) is 0 Å². The molecule has 1 N–H and O–H groups in total. The van der Waals surface area contributed by atoms with E-state index < -0.39 is 0 Å². The second-order valence-corrected chi connectivity index (χ2v) is 8.26. The van der Waals surface area contributed by atoms with Gasteiger partial charge in [-0.2, -0.15) is 0 Å². The Kier molecular flexibility index (Phi) is 5.02. The maximum absolute atomic E-state index is 12.6. The summed E-state index contributed by atoms with van der Waals surface area (Å²) in [5.74, 6) is 0. The largest absolute Gasteiger partial charge is 0.367 e. The van der Waals surface area contributed by atoms with E-state index in [-0.39, 0.29) is 23.3 Å². The van der Waals surface area contributed by atoms with Crippen molar-refractivity contribution in [3.63, 3.8) is 0 Å². The second kappa shape index (κ2) is 6.92. The highest BCUT2D eigenvalue weighted by atomic mass is 16.5. The SMILES string of the molecule is CC1(C)C[C@H](NC(=O)N2CCN(Cc3ccccn3)CC2)C(C)(C)O1. The Balaban J connectivity index is 1.49. The molecule has 0 radical (unpaired) electrons. The monoisotopic (exact) mass is 346 g/mol. The van der Waals surface area contributed by atoms with E-state index >= 15 is 0 Å². The summed E-state index contributed by atoms with van der Waals surface area (Å²) in [4.78, 5) is 21.3. The smallest absolute Gasteiger partial charge is 0.317 e. The second-order valence-electron chi connectivity index (χ2n) is 8.26. The van der Waals surface area contributed by atoms with Crippen LogP contribution in [0.3, 0.4) is 0 Å². The molecular weight excluding hydrogens is 316 g/mol. The number of carbonyl (C=O) groups excluding carboxylic acids is 1. The number of pyridine rings is 1. The van der Waals surface area contributed by atoms with Crippen molar-refractivity contribution in [1.82, 2.24) is 20.1 Å². The van der Waals surface area contributed by atoms with E-state index in [4.69, 9.17) is 4.74 Å². The topological polar surface area (TPSA) is 57.7 Å². The molecule has 1 atom stereocenters. The molecule has 3 heterocycles. The average molecular weight is 346 g/mol. The number of nitrogens with zero attached hydrogens (tertiary/aromatic N) is 3. The van der Waals surface area contributed by atoms with Crippen molar-refractivity contribution in [2.45, 2.75) is 57.9 Å². The van der Waals surface area contributed by atoms with Crippen LogP contribution in [-0.4, -0.2) is 64.2 Å². The van der Waals surface area contributed by atoms with E-state index in [0.29, 0.717) is 0 Å². The van der Waals surface area contributed by atoms with Crippen molar-refractivity contribution >= 4 is 6.03 Å². The maximum Gasteiger partial charge on any atom is 0.317 e. The van der Waals surface area contributed by atoms with Gasteiger partial charge in [-0.25, -0.2) is 4.79 Å². The number of rotatable bonds is 3. The Hall–Kier alpha value is -1.66. The van der Waals surface area contributed by atoms with Crippen molar-refractivity contribution in [3.8, 4) is 0 Å². The molecular formula is C19H30N4O2. The van der Waals surface area contributed by atoms with Crippen LogP contribution in [0.15, 0.2) is 24.4 Å². The van der Waals surface area contributed by atoms with Gasteiger partial charge < -0.3 is 15.0 Å². The van der Waals surface area contributed by atoms with Crippen LogP contribution in [0, 0.1) is 0 Å². The van der Waals surface area contributed by atoms with Crippen LogP contribution >= 0.6 is 0 Å². The first-order valence-electron chi connectivity index (χ1n) is 9.13. The molecule has 2 aliphatic rings. The van der Waals surface area contributed by atoms with Gasteiger partial charge >= 0.3 is 6.03 Å². The summed E-state index contributed by atoms with van der Waals surface area (Å²) in [6, 6.07) is 6.06. The summed E-state index contributed by atoms with van der Waals surface area (Å²) in [5, 5.41) is 3.19. The molecule has 1 aromatic rings. The van der Waals surface area contributed by atoms with Gasteiger partial charge in [0, 0.05) is 38.9 Å². The Labute approximate surface area is 150 Å². The van der Waals surface area contributed by atoms with Gasteiger partial charge in [-0.15, -0.1) is 0 Å². The number of piperazine rings is 1. The quantitative estimate of drug-likeness (QED) is 0.912. The third-order valence-corrected chi connectivity index (χ3v) is 5.14.